The molecule has 1 fully saturated rings. The molecule has 1 rings (SSSR count). The van der Waals surface area contributed by atoms with E-state index in [1.165, 1.54) is 11.6 Å². The van der Waals surface area contributed by atoms with Gasteiger partial charge in [0.05, 0.1) is 11.7 Å². The lowest BCUT2D eigenvalue weighted by Crippen LogP contribution is -2.07. The number of ether oxygens (including phenoxy) is 1. The molecule has 0 saturated carbocycles. The number of hydrogen-bond donors (Lipinski definition) is 1. The van der Waals surface area contributed by atoms with Gasteiger partial charge >= 0.3 is 5.97 Å². The van der Waals surface area contributed by atoms with Gasteiger partial charge in [-0.2, -0.15) is 0 Å². The lowest BCUT2D eigenvalue weighted by Gasteiger charge is -2.05. The Hall–Kier alpha value is -1.09. The minimum atomic E-state index is -0.855. The molecular formula is C17H28O3. The number of epoxide rings is 1. The van der Waals surface area contributed by atoms with E-state index in [2.05, 4.69) is 26.8 Å². The first-order valence-corrected chi connectivity index (χ1v) is 7.67. The Kier molecular flexibility index (Phi) is 6.47. The largest absolute Gasteiger partial charge is 0.478 e. The summed E-state index contributed by atoms with van der Waals surface area (Å²) in [5.41, 5.74) is 2.51. The van der Waals surface area contributed by atoms with Gasteiger partial charge in [-0.3, -0.25) is 0 Å². The van der Waals surface area contributed by atoms with Crippen LogP contribution in [0.4, 0.5) is 0 Å². The van der Waals surface area contributed by atoms with Gasteiger partial charge in [0.1, 0.15) is 0 Å². The molecule has 0 spiro atoms. The van der Waals surface area contributed by atoms with Gasteiger partial charge in [-0.05, 0) is 52.4 Å². The van der Waals surface area contributed by atoms with Gasteiger partial charge in [-0.15, -0.1) is 0 Å². The SMILES string of the molecule is CC/C(=C\CC/C(C)=C/C(=O)O)CCC1OC1(C)CC. The number of carbonyl (C=O) groups is 1. The van der Waals surface area contributed by atoms with Crippen molar-refractivity contribution in [3.63, 3.8) is 0 Å². The summed E-state index contributed by atoms with van der Waals surface area (Å²) in [4.78, 5) is 10.5. The van der Waals surface area contributed by atoms with Gasteiger partial charge in [-0.25, -0.2) is 4.79 Å². The number of hydrogen-bond acceptors (Lipinski definition) is 2. The van der Waals surface area contributed by atoms with Crippen molar-refractivity contribution >= 4 is 5.97 Å². The fourth-order valence-corrected chi connectivity index (χ4v) is 2.49. The Morgan fingerprint density at radius 2 is 2.05 bits per heavy atom. The minimum Gasteiger partial charge on any atom is -0.478 e. The standard InChI is InChI=1S/C17H28O3/c1-5-14(9-7-8-13(3)12-16(18)19)10-11-15-17(4,6-2)20-15/h9,12,15H,5-8,10-11H2,1-4H3,(H,18,19)/b13-12+,14-9+. The summed E-state index contributed by atoms with van der Waals surface area (Å²) in [5.74, 6) is -0.855. The summed E-state index contributed by atoms with van der Waals surface area (Å²) < 4.78 is 5.73. The molecule has 0 aliphatic carbocycles. The number of rotatable bonds is 9. The van der Waals surface area contributed by atoms with Crippen LogP contribution in [0.5, 0.6) is 0 Å². The van der Waals surface area contributed by atoms with Crippen molar-refractivity contribution in [1.82, 2.24) is 0 Å². The summed E-state index contributed by atoms with van der Waals surface area (Å²) in [6, 6.07) is 0. The average Bonchev–Trinajstić information content (AvgIpc) is 3.04. The lowest BCUT2D eigenvalue weighted by atomic mass is 9.97. The second-order valence-electron chi connectivity index (χ2n) is 5.89. The fourth-order valence-electron chi connectivity index (χ4n) is 2.49. The van der Waals surface area contributed by atoms with Crippen LogP contribution < -0.4 is 0 Å². The van der Waals surface area contributed by atoms with E-state index in [1.807, 2.05) is 6.92 Å². The van der Waals surface area contributed by atoms with Crippen LogP contribution in [0.25, 0.3) is 0 Å². The Morgan fingerprint density at radius 3 is 2.55 bits per heavy atom. The predicted octanol–water partition coefficient (Wildman–Crippen LogP) is 4.48. The van der Waals surface area contributed by atoms with Gasteiger partial charge in [-0.1, -0.05) is 31.1 Å². The highest BCUT2D eigenvalue weighted by atomic mass is 16.6. The molecule has 114 valence electrons. The molecule has 0 bridgehead atoms. The Balaban J connectivity index is 2.32. The second-order valence-corrected chi connectivity index (χ2v) is 5.89. The summed E-state index contributed by atoms with van der Waals surface area (Å²) in [6.45, 7) is 8.41. The Morgan fingerprint density at radius 1 is 1.35 bits per heavy atom. The molecule has 2 unspecified atom stereocenters. The van der Waals surface area contributed by atoms with E-state index >= 15 is 0 Å². The van der Waals surface area contributed by atoms with Crippen molar-refractivity contribution in [3.8, 4) is 0 Å². The van der Waals surface area contributed by atoms with Crippen LogP contribution in [-0.4, -0.2) is 22.8 Å². The van der Waals surface area contributed by atoms with Gasteiger partial charge in [0.2, 0.25) is 0 Å². The molecule has 1 N–H and O–H groups in total. The van der Waals surface area contributed by atoms with E-state index in [0.717, 1.165) is 44.1 Å². The molecule has 0 aromatic carbocycles. The maximum absolute atomic E-state index is 10.5. The molecule has 0 amide bonds. The lowest BCUT2D eigenvalue weighted by molar-refractivity contribution is -0.131. The Labute approximate surface area is 122 Å². The number of carboxylic acids is 1. The van der Waals surface area contributed by atoms with Gasteiger partial charge in [0, 0.05) is 6.08 Å². The second kappa shape index (κ2) is 7.63. The van der Waals surface area contributed by atoms with Crippen LogP contribution in [0.2, 0.25) is 0 Å². The van der Waals surface area contributed by atoms with Crippen molar-refractivity contribution in [2.75, 3.05) is 0 Å². The molecule has 1 heterocycles. The van der Waals surface area contributed by atoms with E-state index < -0.39 is 5.97 Å². The first-order valence-electron chi connectivity index (χ1n) is 7.67. The first-order chi connectivity index (χ1) is 9.41. The van der Waals surface area contributed by atoms with E-state index in [0.29, 0.717) is 6.10 Å². The summed E-state index contributed by atoms with van der Waals surface area (Å²) in [6.07, 6.45) is 10.1. The molecule has 1 aliphatic heterocycles. The van der Waals surface area contributed by atoms with Crippen molar-refractivity contribution in [1.29, 1.82) is 0 Å². The zero-order chi connectivity index (χ0) is 15.2. The summed E-state index contributed by atoms with van der Waals surface area (Å²) >= 11 is 0. The van der Waals surface area contributed by atoms with Crippen molar-refractivity contribution in [2.45, 2.75) is 77.9 Å². The van der Waals surface area contributed by atoms with Gasteiger partial charge in [0.25, 0.3) is 0 Å². The van der Waals surface area contributed by atoms with Crippen LogP contribution in [0.15, 0.2) is 23.3 Å². The molecule has 0 aromatic rings. The maximum atomic E-state index is 10.5. The van der Waals surface area contributed by atoms with Crippen LogP contribution in [0.1, 0.15) is 66.2 Å². The minimum absolute atomic E-state index is 0.125. The quantitative estimate of drug-likeness (QED) is 0.385. The highest BCUT2D eigenvalue weighted by Crippen LogP contribution is 2.42. The van der Waals surface area contributed by atoms with Crippen molar-refractivity contribution < 1.29 is 14.6 Å². The average molecular weight is 280 g/mol. The molecule has 1 saturated heterocycles. The van der Waals surface area contributed by atoms with Crippen LogP contribution >= 0.6 is 0 Å². The van der Waals surface area contributed by atoms with Crippen LogP contribution in [0.3, 0.4) is 0 Å². The highest BCUT2D eigenvalue weighted by molar-refractivity contribution is 5.80. The van der Waals surface area contributed by atoms with Crippen LogP contribution in [0, 0.1) is 0 Å². The smallest absolute Gasteiger partial charge is 0.328 e. The number of carboxylic acid groups (broad SMARTS) is 1. The van der Waals surface area contributed by atoms with E-state index in [9.17, 15) is 4.79 Å². The van der Waals surface area contributed by atoms with Gasteiger partial charge in [0.15, 0.2) is 0 Å². The number of aliphatic carboxylic acids is 1. The Bertz CT molecular complexity index is 395. The molecule has 2 atom stereocenters. The third-order valence-corrected chi connectivity index (χ3v) is 4.26. The van der Waals surface area contributed by atoms with Crippen molar-refractivity contribution in [2.24, 2.45) is 0 Å². The highest BCUT2D eigenvalue weighted by Gasteiger charge is 2.49. The summed E-state index contributed by atoms with van der Waals surface area (Å²) in [7, 11) is 0. The zero-order valence-corrected chi connectivity index (χ0v) is 13.2. The zero-order valence-electron chi connectivity index (χ0n) is 13.2. The van der Waals surface area contributed by atoms with Crippen LogP contribution in [-0.2, 0) is 9.53 Å². The number of allylic oxidation sites excluding steroid dienone is 3. The summed E-state index contributed by atoms with van der Waals surface area (Å²) in [5, 5.41) is 8.66. The third-order valence-electron chi connectivity index (χ3n) is 4.26. The fraction of sp³-hybridized carbons (Fsp3) is 0.706. The molecule has 1 aliphatic rings. The topological polar surface area (TPSA) is 49.8 Å². The van der Waals surface area contributed by atoms with E-state index in [4.69, 9.17) is 9.84 Å². The maximum Gasteiger partial charge on any atom is 0.328 e. The molecule has 3 nitrogen and oxygen atoms in total. The predicted molar refractivity (Wildman–Crippen MR) is 81.8 cm³/mol. The molecule has 20 heavy (non-hydrogen) atoms. The van der Waals surface area contributed by atoms with E-state index in [1.54, 1.807) is 0 Å². The normalized spacial score (nSPS) is 26.7. The van der Waals surface area contributed by atoms with Crippen molar-refractivity contribution in [3.05, 3.63) is 23.3 Å². The van der Waals surface area contributed by atoms with Gasteiger partial charge < -0.3 is 9.84 Å². The monoisotopic (exact) mass is 280 g/mol. The van der Waals surface area contributed by atoms with E-state index in [-0.39, 0.29) is 5.60 Å². The molecule has 0 radical (unpaired) electrons. The molecular weight excluding hydrogens is 252 g/mol. The molecule has 0 aromatic heterocycles. The third kappa shape index (κ3) is 5.49. The first kappa shape index (κ1) is 17.0. The molecule has 3 heteroatoms.